The van der Waals surface area contributed by atoms with E-state index in [0.29, 0.717) is 0 Å². The highest BCUT2D eigenvalue weighted by Gasteiger charge is 2.55. The molecule has 0 radical (unpaired) electrons. The van der Waals surface area contributed by atoms with E-state index < -0.39 is 0 Å². The fourth-order valence-electron chi connectivity index (χ4n) is 4.81. The number of hydrogen-bond donors (Lipinski definition) is 1. The van der Waals surface area contributed by atoms with Crippen molar-refractivity contribution >= 4 is 23.1 Å². The number of nitrogens with zero attached hydrogens (tertiary/aromatic N) is 1. The zero-order valence-electron chi connectivity index (χ0n) is 16.8. The molecule has 2 heterocycles. The van der Waals surface area contributed by atoms with E-state index in [0.717, 1.165) is 52.8 Å². The molecule has 4 nitrogen and oxygen atoms in total. The van der Waals surface area contributed by atoms with E-state index in [2.05, 4.69) is 16.3 Å². The molecule has 0 amide bonds. The van der Waals surface area contributed by atoms with Crippen LogP contribution in [0.5, 0.6) is 5.75 Å². The van der Waals surface area contributed by atoms with Gasteiger partial charge >= 0.3 is 0 Å². The molecule has 1 N–H and O–H groups in total. The zero-order valence-corrected chi connectivity index (χ0v) is 17.5. The number of halogens is 1. The first kappa shape index (κ1) is 19.2. The smallest absolute Gasteiger partial charge is 0.174 e. The normalized spacial score (nSPS) is 19.7. The predicted molar refractivity (Wildman–Crippen MR) is 120 cm³/mol. The number of rotatable bonds is 4. The summed E-state index contributed by atoms with van der Waals surface area (Å²) in [6, 6.07) is 23.6. The van der Waals surface area contributed by atoms with E-state index >= 15 is 0 Å². The Morgan fingerprint density at radius 3 is 2.47 bits per heavy atom. The highest BCUT2D eigenvalue weighted by atomic mass is 35.5. The molecule has 1 saturated heterocycles. The van der Waals surface area contributed by atoms with E-state index in [1.54, 1.807) is 7.11 Å². The monoisotopic (exact) mass is 418 g/mol. The molecule has 5 rings (SSSR count). The number of carbonyl (C=O) groups is 1. The number of anilines is 1. The van der Waals surface area contributed by atoms with Crippen molar-refractivity contribution in [1.29, 1.82) is 0 Å². The molecular weight excluding hydrogens is 396 g/mol. The average Bonchev–Trinajstić information content (AvgIpc) is 2.74. The third kappa shape index (κ3) is 3.17. The quantitative estimate of drug-likeness (QED) is 0.647. The lowest BCUT2D eigenvalue weighted by atomic mass is 9.67. The Balaban J connectivity index is 1.47. The Kier molecular flexibility index (Phi) is 4.76. The largest absolute Gasteiger partial charge is 0.497 e. The van der Waals surface area contributed by atoms with Crippen molar-refractivity contribution in [3.63, 3.8) is 0 Å². The standard InChI is InChI=1S/C25H23ClN2O2/c1-30-19-12-10-17(11-13-19)23-24(29)20-7-3-5-9-22(20)27-25(23)15-28(16-25)14-18-6-2-4-8-21(18)26/h2-13,23,27H,14-16H2,1H3. The van der Waals surface area contributed by atoms with Crippen LogP contribution in [-0.4, -0.2) is 36.4 Å². The lowest BCUT2D eigenvalue weighted by Gasteiger charge is -2.56. The number of ether oxygens (including phenoxy) is 1. The first-order valence-electron chi connectivity index (χ1n) is 10.1. The molecule has 0 saturated carbocycles. The highest BCUT2D eigenvalue weighted by Crippen LogP contribution is 2.46. The number of methoxy groups -OCH3 is 1. The number of likely N-dealkylation sites (tertiary alicyclic amines) is 1. The molecule has 0 bridgehead atoms. The van der Waals surface area contributed by atoms with Gasteiger partial charge in [0.15, 0.2) is 5.78 Å². The molecule has 152 valence electrons. The molecule has 3 aromatic rings. The number of para-hydroxylation sites is 1. The lowest BCUT2D eigenvalue weighted by Crippen LogP contribution is -2.70. The maximum absolute atomic E-state index is 13.6. The molecule has 1 unspecified atom stereocenters. The van der Waals surface area contributed by atoms with Gasteiger partial charge in [0.05, 0.1) is 18.6 Å². The number of fused-ring (bicyclic) bond motifs is 1. The predicted octanol–water partition coefficient (Wildman–Crippen LogP) is 5.00. The first-order valence-corrected chi connectivity index (χ1v) is 10.5. The SMILES string of the molecule is COc1ccc(C2C(=O)c3ccccc3NC23CN(Cc2ccccc2Cl)C3)cc1. The maximum atomic E-state index is 13.6. The maximum Gasteiger partial charge on any atom is 0.174 e. The van der Waals surface area contributed by atoms with Crippen LogP contribution < -0.4 is 10.1 Å². The highest BCUT2D eigenvalue weighted by molar-refractivity contribution is 6.31. The minimum absolute atomic E-state index is 0.173. The number of Topliss-reactive ketones (excluding diaryl/α,β-unsaturated/α-hetero) is 1. The molecule has 5 heteroatoms. The minimum atomic E-state index is -0.332. The summed E-state index contributed by atoms with van der Waals surface area (Å²) in [6.45, 7) is 2.32. The zero-order chi connectivity index (χ0) is 20.7. The lowest BCUT2D eigenvalue weighted by molar-refractivity contribution is 0.0482. The second-order valence-corrected chi connectivity index (χ2v) is 8.54. The Morgan fingerprint density at radius 2 is 1.73 bits per heavy atom. The fraction of sp³-hybridized carbons (Fsp3) is 0.240. The van der Waals surface area contributed by atoms with Crippen molar-refractivity contribution in [2.75, 3.05) is 25.5 Å². The molecule has 1 spiro atoms. The Hall–Kier alpha value is -2.82. The summed E-state index contributed by atoms with van der Waals surface area (Å²) in [6.07, 6.45) is 0. The van der Waals surface area contributed by atoms with Crippen LogP contribution in [-0.2, 0) is 6.54 Å². The van der Waals surface area contributed by atoms with Crippen molar-refractivity contribution in [2.24, 2.45) is 0 Å². The summed E-state index contributed by atoms with van der Waals surface area (Å²) in [5.41, 5.74) is 3.47. The number of nitrogens with one attached hydrogen (secondary N) is 1. The van der Waals surface area contributed by atoms with Gasteiger partial charge in [-0.25, -0.2) is 0 Å². The van der Waals surface area contributed by atoms with Gasteiger partial charge in [-0.1, -0.05) is 54.1 Å². The fourth-order valence-corrected chi connectivity index (χ4v) is 5.01. The van der Waals surface area contributed by atoms with Crippen LogP contribution in [0.25, 0.3) is 0 Å². The van der Waals surface area contributed by atoms with Crippen molar-refractivity contribution < 1.29 is 9.53 Å². The molecular formula is C25H23ClN2O2. The van der Waals surface area contributed by atoms with Crippen LogP contribution in [0.2, 0.25) is 5.02 Å². The van der Waals surface area contributed by atoms with Crippen molar-refractivity contribution in [2.45, 2.75) is 18.0 Å². The van der Waals surface area contributed by atoms with Crippen LogP contribution in [0.1, 0.15) is 27.4 Å². The van der Waals surface area contributed by atoms with Gasteiger partial charge in [-0.3, -0.25) is 9.69 Å². The summed E-state index contributed by atoms with van der Waals surface area (Å²) in [5.74, 6) is 0.714. The number of hydrogen-bond acceptors (Lipinski definition) is 4. The Bertz CT molecular complexity index is 1090. The minimum Gasteiger partial charge on any atom is -0.497 e. The van der Waals surface area contributed by atoms with Gasteiger partial charge < -0.3 is 10.1 Å². The van der Waals surface area contributed by atoms with Gasteiger partial charge in [0.1, 0.15) is 5.75 Å². The molecule has 1 fully saturated rings. The third-order valence-electron chi connectivity index (χ3n) is 6.20. The topological polar surface area (TPSA) is 41.6 Å². The third-order valence-corrected chi connectivity index (χ3v) is 6.57. The Labute approximate surface area is 181 Å². The van der Waals surface area contributed by atoms with E-state index in [4.69, 9.17) is 16.3 Å². The molecule has 0 aromatic heterocycles. The van der Waals surface area contributed by atoms with E-state index in [1.807, 2.05) is 66.7 Å². The van der Waals surface area contributed by atoms with Gasteiger partial charge in [0.25, 0.3) is 0 Å². The van der Waals surface area contributed by atoms with E-state index in [9.17, 15) is 4.79 Å². The summed E-state index contributed by atoms with van der Waals surface area (Å²) in [5, 5.41) is 4.50. The summed E-state index contributed by atoms with van der Waals surface area (Å²) in [7, 11) is 1.65. The molecule has 0 aliphatic carbocycles. The van der Waals surface area contributed by atoms with Crippen molar-refractivity contribution in [3.05, 3.63) is 94.5 Å². The van der Waals surface area contributed by atoms with Crippen LogP contribution in [0.3, 0.4) is 0 Å². The van der Waals surface area contributed by atoms with Crippen molar-refractivity contribution in [3.8, 4) is 5.75 Å². The molecule has 3 aromatic carbocycles. The number of benzene rings is 3. The van der Waals surface area contributed by atoms with Gasteiger partial charge in [0, 0.05) is 35.9 Å². The summed E-state index contributed by atoms with van der Waals surface area (Å²) in [4.78, 5) is 15.9. The van der Waals surface area contributed by atoms with Crippen LogP contribution in [0, 0.1) is 0 Å². The van der Waals surface area contributed by atoms with Crippen molar-refractivity contribution in [1.82, 2.24) is 4.90 Å². The van der Waals surface area contributed by atoms with Crippen LogP contribution in [0.4, 0.5) is 5.69 Å². The average molecular weight is 419 g/mol. The van der Waals surface area contributed by atoms with Crippen LogP contribution >= 0.6 is 11.6 Å². The number of ketones is 1. The van der Waals surface area contributed by atoms with Gasteiger partial charge in [-0.05, 0) is 41.5 Å². The second-order valence-electron chi connectivity index (χ2n) is 8.13. The molecule has 2 aliphatic rings. The summed E-state index contributed by atoms with van der Waals surface area (Å²) >= 11 is 6.36. The first-order chi connectivity index (χ1) is 14.6. The molecule has 2 aliphatic heterocycles. The van der Waals surface area contributed by atoms with E-state index in [-0.39, 0.29) is 17.2 Å². The van der Waals surface area contributed by atoms with Gasteiger partial charge in [-0.2, -0.15) is 0 Å². The second kappa shape index (κ2) is 7.46. The van der Waals surface area contributed by atoms with Gasteiger partial charge in [-0.15, -0.1) is 0 Å². The molecule has 1 atom stereocenters. The summed E-state index contributed by atoms with van der Waals surface area (Å²) < 4.78 is 5.31. The van der Waals surface area contributed by atoms with Crippen LogP contribution in [0.15, 0.2) is 72.8 Å². The van der Waals surface area contributed by atoms with Gasteiger partial charge in [0.2, 0.25) is 0 Å². The molecule has 30 heavy (non-hydrogen) atoms. The van der Waals surface area contributed by atoms with E-state index in [1.165, 1.54) is 0 Å². The number of carbonyl (C=O) groups excluding carboxylic acids is 1. The Morgan fingerprint density at radius 1 is 1.03 bits per heavy atom.